The average Bonchev–Trinajstić information content (AvgIpc) is 2.17. The zero-order valence-electron chi connectivity index (χ0n) is 10.7. The van der Waals surface area contributed by atoms with E-state index in [1.165, 1.54) is 5.57 Å². The first kappa shape index (κ1) is 14.7. The summed E-state index contributed by atoms with van der Waals surface area (Å²) in [4.78, 5) is 0. The summed E-state index contributed by atoms with van der Waals surface area (Å²) in [5, 5.41) is 8.56. The molecule has 3 atom stereocenters. The molecule has 0 heterocycles. The van der Waals surface area contributed by atoms with Crippen molar-refractivity contribution in [3.8, 4) is 0 Å². The van der Waals surface area contributed by atoms with Gasteiger partial charge in [0.25, 0.3) is 10.1 Å². The minimum atomic E-state index is -4.00. The number of hydrogen-bond donors (Lipinski definition) is 2. The molecule has 0 saturated heterocycles. The second-order valence-corrected chi connectivity index (χ2v) is 6.84. The fourth-order valence-corrected chi connectivity index (χ4v) is 3.61. The first-order valence-corrected chi connectivity index (χ1v) is 7.51. The smallest absolute Gasteiger partial charge is 0.268 e. The monoisotopic (exact) mass is 262 g/mol. The molecular formula is C12H22O4S. The molecule has 2 N–H and O–H groups in total. The lowest BCUT2D eigenvalue weighted by atomic mass is 9.82. The van der Waals surface area contributed by atoms with Crippen molar-refractivity contribution in [3.05, 3.63) is 11.1 Å². The van der Waals surface area contributed by atoms with Crippen LogP contribution in [0.1, 0.15) is 46.5 Å². The van der Waals surface area contributed by atoms with Crippen molar-refractivity contribution in [1.82, 2.24) is 0 Å². The van der Waals surface area contributed by atoms with Crippen molar-refractivity contribution in [2.75, 3.05) is 0 Å². The van der Waals surface area contributed by atoms with E-state index in [0.717, 1.165) is 5.57 Å². The lowest BCUT2D eigenvalue weighted by molar-refractivity contribution is 0.171. The maximum absolute atomic E-state index is 11.4. The van der Waals surface area contributed by atoms with Gasteiger partial charge in [-0.15, -0.1) is 0 Å². The Morgan fingerprint density at radius 3 is 2.29 bits per heavy atom. The van der Waals surface area contributed by atoms with Crippen LogP contribution in [0.5, 0.6) is 0 Å². The topological polar surface area (TPSA) is 74.6 Å². The molecule has 4 nitrogen and oxygen atoms in total. The van der Waals surface area contributed by atoms with Gasteiger partial charge in [0.1, 0.15) is 0 Å². The molecule has 100 valence electrons. The van der Waals surface area contributed by atoms with Gasteiger partial charge in [0, 0.05) is 0 Å². The number of aliphatic hydroxyl groups excluding tert-OH is 1. The SMILES string of the molecule is CC1=C(C)CC(S(=O)(=O)O)C(CCC(C)O)C1. The zero-order valence-corrected chi connectivity index (χ0v) is 11.5. The molecular weight excluding hydrogens is 240 g/mol. The normalized spacial score (nSPS) is 28.3. The Kier molecular flexibility index (Phi) is 4.75. The summed E-state index contributed by atoms with van der Waals surface area (Å²) in [6.45, 7) is 5.61. The van der Waals surface area contributed by atoms with Crippen LogP contribution in [-0.4, -0.2) is 29.4 Å². The summed E-state index contributed by atoms with van der Waals surface area (Å²) < 4.78 is 32.0. The van der Waals surface area contributed by atoms with E-state index >= 15 is 0 Å². The quantitative estimate of drug-likeness (QED) is 0.601. The predicted octanol–water partition coefficient (Wildman–Crippen LogP) is 2.15. The second-order valence-electron chi connectivity index (χ2n) is 5.21. The standard InChI is InChI=1S/C12H22O4S/c1-8-6-11(5-4-10(3)13)12(7-9(8)2)17(14,15)16/h10-13H,4-7H2,1-3H3,(H,14,15,16). The molecule has 0 aromatic heterocycles. The largest absolute Gasteiger partial charge is 0.393 e. The van der Waals surface area contributed by atoms with E-state index in [1.807, 2.05) is 13.8 Å². The fourth-order valence-electron chi connectivity index (χ4n) is 2.43. The Morgan fingerprint density at radius 2 is 1.82 bits per heavy atom. The maximum atomic E-state index is 11.4. The van der Waals surface area contributed by atoms with Gasteiger partial charge in [0.2, 0.25) is 0 Å². The van der Waals surface area contributed by atoms with Crippen molar-refractivity contribution >= 4 is 10.1 Å². The molecule has 1 aliphatic rings. The van der Waals surface area contributed by atoms with Gasteiger partial charge in [-0.05, 0) is 52.4 Å². The second kappa shape index (κ2) is 5.50. The molecule has 0 radical (unpaired) electrons. The van der Waals surface area contributed by atoms with E-state index in [-0.39, 0.29) is 5.92 Å². The minimum absolute atomic E-state index is 0.0803. The van der Waals surface area contributed by atoms with Gasteiger partial charge >= 0.3 is 0 Å². The highest BCUT2D eigenvalue weighted by Crippen LogP contribution is 2.35. The molecule has 3 unspecified atom stereocenters. The third-order valence-electron chi connectivity index (χ3n) is 3.67. The molecule has 0 amide bonds. The molecule has 0 bridgehead atoms. The van der Waals surface area contributed by atoms with E-state index in [2.05, 4.69) is 0 Å². The van der Waals surface area contributed by atoms with Crippen LogP contribution in [0.3, 0.4) is 0 Å². The van der Waals surface area contributed by atoms with E-state index in [9.17, 15) is 18.1 Å². The van der Waals surface area contributed by atoms with E-state index in [1.54, 1.807) is 6.92 Å². The lowest BCUT2D eigenvalue weighted by Gasteiger charge is -2.31. The fraction of sp³-hybridized carbons (Fsp3) is 0.833. The van der Waals surface area contributed by atoms with Gasteiger partial charge in [-0.1, -0.05) is 11.1 Å². The van der Waals surface area contributed by atoms with Gasteiger partial charge in [-0.2, -0.15) is 8.42 Å². The van der Waals surface area contributed by atoms with E-state index in [4.69, 9.17) is 0 Å². The summed E-state index contributed by atoms with van der Waals surface area (Å²) >= 11 is 0. The zero-order chi connectivity index (χ0) is 13.2. The van der Waals surface area contributed by atoms with Crippen LogP contribution in [-0.2, 0) is 10.1 Å². The van der Waals surface area contributed by atoms with Crippen molar-refractivity contribution in [2.45, 2.75) is 57.8 Å². The van der Waals surface area contributed by atoms with Crippen LogP contribution >= 0.6 is 0 Å². The molecule has 5 heteroatoms. The van der Waals surface area contributed by atoms with Crippen LogP contribution in [0, 0.1) is 5.92 Å². The molecule has 1 aliphatic carbocycles. The van der Waals surface area contributed by atoms with Crippen molar-refractivity contribution < 1.29 is 18.1 Å². The summed E-state index contributed by atoms with van der Waals surface area (Å²) in [5.41, 5.74) is 2.27. The Balaban J connectivity index is 2.84. The molecule has 0 aliphatic heterocycles. The number of aliphatic hydroxyl groups is 1. The highest BCUT2D eigenvalue weighted by atomic mass is 32.2. The Hall–Kier alpha value is -0.390. The number of allylic oxidation sites excluding steroid dienone is 2. The van der Waals surface area contributed by atoms with Crippen LogP contribution < -0.4 is 0 Å². The first-order valence-electron chi connectivity index (χ1n) is 6.01. The van der Waals surface area contributed by atoms with Gasteiger partial charge in [0.15, 0.2) is 0 Å². The van der Waals surface area contributed by atoms with Gasteiger partial charge in [0.05, 0.1) is 11.4 Å². The highest BCUT2D eigenvalue weighted by Gasteiger charge is 2.35. The van der Waals surface area contributed by atoms with Gasteiger partial charge in [-0.3, -0.25) is 4.55 Å². The van der Waals surface area contributed by atoms with Crippen LogP contribution in [0.4, 0.5) is 0 Å². The Morgan fingerprint density at radius 1 is 1.29 bits per heavy atom. The van der Waals surface area contributed by atoms with E-state index < -0.39 is 21.5 Å². The van der Waals surface area contributed by atoms with Crippen LogP contribution in [0.25, 0.3) is 0 Å². The molecule has 0 saturated carbocycles. The lowest BCUT2D eigenvalue weighted by Crippen LogP contribution is -2.33. The van der Waals surface area contributed by atoms with Crippen LogP contribution in [0.2, 0.25) is 0 Å². The minimum Gasteiger partial charge on any atom is -0.393 e. The molecule has 0 spiro atoms. The highest BCUT2D eigenvalue weighted by molar-refractivity contribution is 7.86. The first-order chi connectivity index (χ1) is 7.71. The van der Waals surface area contributed by atoms with Crippen molar-refractivity contribution in [2.24, 2.45) is 5.92 Å². The third-order valence-corrected chi connectivity index (χ3v) is 4.98. The third kappa shape index (κ3) is 4.08. The maximum Gasteiger partial charge on any atom is 0.268 e. The van der Waals surface area contributed by atoms with Gasteiger partial charge in [-0.25, -0.2) is 0 Å². The molecule has 0 fully saturated rings. The molecule has 17 heavy (non-hydrogen) atoms. The summed E-state index contributed by atoms with van der Waals surface area (Å²) in [6.07, 6.45) is 1.89. The van der Waals surface area contributed by atoms with Crippen molar-refractivity contribution in [1.29, 1.82) is 0 Å². The van der Waals surface area contributed by atoms with Gasteiger partial charge < -0.3 is 5.11 Å². The molecule has 0 aromatic rings. The summed E-state index contributed by atoms with van der Waals surface area (Å²) in [5.74, 6) is -0.0803. The predicted molar refractivity (Wildman–Crippen MR) is 67.3 cm³/mol. The molecule has 1 rings (SSSR count). The van der Waals surface area contributed by atoms with Crippen LogP contribution in [0.15, 0.2) is 11.1 Å². The average molecular weight is 262 g/mol. The Bertz CT molecular complexity index is 395. The summed E-state index contributed by atoms with van der Waals surface area (Å²) in [6, 6.07) is 0. The number of rotatable bonds is 4. The summed E-state index contributed by atoms with van der Waals surface area (Å²) in [7, 11) is -4.00. The number of hydrogen-bond acceptors (Lipinski definition) is 3. The Labute approximate surface area is 103 Å². The molecule has 0 aromatic carbocycles. The van der Waals surface area contributed by atoms with Crippen molar-refractivity contribution in [3.63, 3.8) is 0 Å². The van der Waals surface area contributed by atoms with E-state index in [0.29, 0.717) is 25.7 Å².